The second-order valence-electron chi connectivity index (χ2n) is 3.65. The van der Waals surface area contributed by atoms with E-state index in [2.05, 4.69) is 0 Å². The van der Waals surface area contributed by atoms with E-state index in [-0.39, 0.29) is 0 Å². The van der Waals surface area contributed by atoms with Crippen LogP contribution < -0.4 is 5.73 Å². The molecule has 0 atom stereocenters. The largest absolute Gasteiger partial charge is 0.396 e. The van der Waals surface area contributed by atoms with Gasteiger partial charge in [-0.3, -0.25) is 0 Å². The summed E-state index contributed by atoms with van der Waals surface area (Å²) in [5.74, 6) is 0.849. The smallest absolute Gasteiger partial charge is 0.0431 e. The van der Waals surface area contributed by atoms with Crippen molar-refractivity contribution in [3.63, 3.8) is 0 Å². The van der Waals surface area contributed by atoms with Crippen LogP contribution in [0.4, 0.5) is 0 Å². The molecule has 3 N–H and O–H groups in total. The minimum atomic E-state index is 0.350. The van der Waals surface area contributed by atoms with Gasteiger partial charge in [-0.15, -0.1) is 0 Å². The average molecular weight is 157 g/mol. The van der Waals surface area contributed by atoms with E-state index >= 15 is 0 Å². The molecular weight excluding hydrogens is 138 g/mol. The van der Waals surface area contributed by atoms with Gasteiger partial charge in [0.2, 0.25) is 0 Å². The van der Waals surface area contributed by atoms with Gasteiger partial charge in [-0.2, -0.15) is 0 Å². The van der Waals surface area contributed by atoms with Crippen LogP contribution in [0.5, 0.6) is 0 Å². The van der Waals surface area contributed by atoms with E-state index in [9.17, 15) is 0 Å². The minimum Gasteiger partial charge on any atom is -0.396 e. The van der Waals surface area contributed by atoms with Crippen LogP contribution in [0.15, 0.2) is 0 Å². The van der Waals surface area contributed by atoms with Crippen LogP contribution in [0.1, 0.15) is 38.5 Å². The molecule has 1 aliphatic carbocycles. The highest BCUT2D eigenvalue weighted by Crippen LogP contribution is 2.26. The van der Waals surface area contributed by atoms with Crippen LogP contribution in [0.3, 0.4) is 0 Å². The number of hydrogen-bond acceptors (Lipinski definition) is 2. The third kappa shape index (κ3) is 3.21. The van der Waals surface area contributed by atoms with Crippen LogP contribution in [-0.2, 0) is 0 Å². The number of rotatable bonds is 3. The molecule has 0 amide bonds. The zero-order chi connectivity index (χ0) is 8.10. The average Bonchev–Trinajstić information content (AvgIpc) is 2.04. The maximum Gasteiger partial charge on any atom is 0.0431 e. The SMILES string of the molecule is NC1CCC(CCCO)CC1. The molecule has 0 aromatic rings. The zero-order valence-electron chi connectivity index (χ0n) is 7.13. The monoisotopic (exact) mass is 157 g/mol. The first-order chi connectivity index (χ1) is 5.33. The van der Waals surface area contributed by atoms with Gasteiger partial charge in [-0.05, 0) is 44.4 Å². The first-order valence-corrected chi connectivity index (χ1v) is 4.69. The zero-order valence-corrected chi connectivity index (χ0v) is 7.13. The van der Waals surface area contributed by atoms with Crippen molar-refractivity contribution in [2.24, 2.45) is 11.7 Å². The van der Waals surface area contributed by atoms with E-state index < -0.39 is 0 Å². The van der Waals surface area contributed by atoms with Crippen molar-refractivity contribution >= 4 is 0 Å². The fourth-order valence-electron chi connectivity index (χ4n) is 1.86. The third-order valence-corrected chi connectivity index (χ3v) is 2.66. The Labute approximate surface area is 68.8 Å². The standard InChI is InChI=1S/C9H19NO/c10-9-5-3-8(4-6-9)2-1-7-11/h8-9,11H,1-7,10H2. The van der Waals surface area contributed by atoms with E-state index in [0.29, 0.717) is 12.6 Å². The number of hydrogen-bond donors (Lipinski definition) is 2. The summed E-state index contributed by atoms with van der Waals surface area (Å²) >= 11 is 0. The normalized spacial score (nSPS) is 32.2. The summed E-state index contributed by atoms with van der Waals surface area (Å²) in [5, 5.41) is 8.62. The molecule has 0 aromatic heterocycles. The van der Waals surface area contributed by atoms with Crippen molar-refractivity contribution < 1.29 is 5.11 Å². The second kappa shape index (κ2) is 4.73. The van der Waals surface area contributed by atoms with Gasteiger partial charge >= 0.3 is 0 Å². The van der Waals surface area contributed by atoms with Gasteiger partial charge in [0.05, 0.1) is 0 Å². The molecule has 0 aliphatic heterocycles. The topological polar surface area (TPSA) is 46.2 Å². The number of aliphatic hydroxyl groups is 1. The predicted octanol–water partition coefficient (Wildman–Crippen LogP) is 1.28. The Morgan fingerprint density at radius 2 is 1.82 bits per heavy atom. The summed E-state index contributed by atoms with van der Waals surface area (Å²) in [6, 6.07) is 0.459. The maximum absolute atomic E-state index is 8.62. The fourth-order valence-corrected chi connectivity index (χ4v) is 1.86. The molecule has 0 saturated heterocycles. The number of nitrogens with two attached hydrogens (primary N) is 1. The highest BCUT2D eigenvalue weighted by Gasteiger charge is 2.17. The Morgan fingerprint density at radius 1 is 1.18 bits per heavy atom. The molecule has 0 unspecified atom stereocenters. The Morgan fingerprint density at radius 3 is 2.36 bits per heavy atom. The lowest BCUT2D eigenvalue weighted by Gasteiger charge is -2.25. The van der Waals surface area contributed by atoms with Crippen molar-refractivity contribution in [1.29, 1.82) is 0 Å². The van der Waals surface area contributed by atoms with Crippen molar-refractivity contribution in [2.75, 3.05) is 6.61 Å². The van der Waals surface area contributed by atoms with Gasteiger partial charge in [-0.25, -0.2) is 0 Å². The van der Waals surface area contributed by atoms with Crippen molar-refractivity contribution in [3.8, 4) is 0 Å². The number of aliphatic hydroxyl groups excluding tert-OH is 1. The molecule has 0 bridgehead atoms. The van der Waals surface area contributed by atoms with Gasteiger partial charge in [0, 0.05) is 12.6 Å². The second-order valence-corrected chi connectivity index (χ2v) is 3.65. The quantitative estimate of drug-likeness (QED) is 0.648. The Kier molecular flexibility index (Phi) is 3.87. The molecular formula is C9H19NO. The summed E-state index contributed by atoms with van der Waals surface area (Å²) in [6.45, 7) is 0.350. The van der Waals surface area contributed by atoms with Gasteiger partial charge in [0.1, 0.15) is 0 Å². The van der Waals surface area contributed by atoms with Crippen LogP contribution in [0.2, 0.25) is 0 Å². The molecule has 2 nitrogen and oxygen atoms in total. The van der Waals surface area contributed by atoms with Crippen molar-refractivity contribution in [1.82, 2.24) is 0 Å². The molecule has 1 aliphatic rings. The fraction of sp³-hybridized carbons (Fsp3) is 1.00. The summed E-state index contributed by atoms with van der Waals surface area (Å²) < 4.78 is 0. The first kappa shape index (κ1) is 9.01. The maximum atomic E-state index is 8.62. The highest BCUT2D eigenvalue weighted by molar-refractivity contribution is 4.73. The molecule has 11 heavy (non-hydrogen) atoms. The van der Waals surface area contributed by atoms with Crippen LogP contribution in [0.25, 0.3) is 0 Å². The van der Waals surface area contributed by atoms with Gasteiger partial charge < -0.3 is 10.8 Å². The van der Waals surface area contributed by atoms with Gasteiger partial charge in [0.15, 0.2) is 0 Å². The molecule has 1 saturated carbocycles. The lowest BCUT2D eigenvalue weighted by atomic mass is 9.84. The van der Waals surface area contributed by atoms with E-state index in [1.165, 1.54) is 32.1 Å². The Bertz CT molecular complexity index is 95.0. The highest BCUT2D eigenvalue weighted by atomic mass is 16.2. The van der Waals surface area contributed by atoms with Crippen molar-refractivity contribution in [3.05, 3.63) is 0 Å². The summed E-state index contributed by atoms with van der Waals surface area (Å²) in [5.41, 5.74) is 5.78. The van der Waals surface area contributed by atoms with Crippen LogP contribution in [-0.4, -0.2) is 17.8 Å². The van der Waals surface area contributed by atoms with E-state index in [0.717, 1.165) is 12.3 Å². The van der Waals surface area contributed by atoms with Crippen LogP contribution >= 0.6 is 0 Å². The summed E-state index contributed by atoms with van der Waals surface area (Å²) in [4.78, 5) is 0. The predicted molar refractivity (Wildman–Crippen MR) is 46.3 cm³/mol. The molecule has 1 fully saturated rings. The lowest BCUT2D eigenvalue weighted by Crippen LogP contribution is -2.26. The molecule has 0 aromatic carbocycles. The van der Waals surface area contributed by atoms with Gasteiger partial charge in [-0.1, -0.05) is 0 Å². The van der Waals surface area contributed by atoms with E-state index in [1.807, 2.05) is 0 Å². The van der Waals surface area contributed by atoms with E-state index in [1.54, 1.807) is 0 Å². The minimum absolute atomic E-state index is 0.350. The molecule has 1 rings (SSSR count). The summed E-state index contributed by atoms with van der Waals surface area (Å²) in [6.07, 6.45) is 7.11. The van der Waals surface area contributed by atoms with Crippen molar-refractivity contribution in [2.45, 2.75) is 44.6 Å². The first-order valence-electron chi connectivity index (χ1n) is 4.69. The molecule has 0 radical (unpaired) electrons. The Balaban J connectivity index is 2.07. The molecule has 0 heterocycles. The molecule has 66 valence electrons. The third-order valence-electron chi connectivity index (χ3n) is 2.66. The van der Waals surface area contributed by atoms with Crippen LogP contribution in [0, 0.1) is 5.92 Å². The lowest BCUT2D eigenvalue weighted by molar-refractivity contribution is 0.247. The summed E-state index contributed by atoms with van der Waals surface area (Å²) in [7, 11) is 0. The Hall–Kier alpha value is -0.0800. The van der Waals surface area contributed by atoms with E-state index in [4.69, 9.17) is 10.8 Å². The van der Waals surface area contributed by atoms with Gasteiger partial charge in [0.25, 0.3) is 0 Å². The molecule has 2 heteroatoms. The molecule has 0 spiro atoms.